The molecule has 6 rings (SSSR count). The molecule has 1 aromatic heterocycles. The Hall–Kier alpha value is -3.75. The summed E-state index contributed by atoms with van der Waals surface area (Å²) in [7, 11) is 1.94. The fourth-order valence-electron chi connectivity index (χ4n) is 5.67. The van der Waals surface area contributed by atoms with Crippen LogP contribution >= 0.6 is 11.8 Å². The number of imidazole rings is 1. The zero-order valence-corrected chi connectivity index (χ0v) is 24.6. The Kier molecular flexibility index (Phi) is 7.55. The normalized spacial score (nSPS) is 22.5. The van der Waals surface area contributed by atoms with Gasteiger partial charge in [0.1, 0.15) is 5.52 Å². The van der Waals surface area contributed by atoms with Gasteiger partial charge in [0.05, 0.1) is 41.3 Å². The molecule has 3 aromatic rings. The first kappa shape index (κ1) is 29.3. The van der Waals surface area contributed by atoms with Crippen LogP contribution in [-0.4, -0.2) is 74.4 Å². The molecule has 0 aliphatic carbocycles. The van der Waals surface area contributed by atoms with Gasteiger partial charge in [-0.25, -0.2) is 9.78 Å². The Labute approximate surface area is 250 Å². The van der Waals surface area contributed by atoms with E-state index in [0.29, 0.717) is 26.2 Å². The van der Waals surface area contributed by atoms with Crippen LogP contribution in [0.1, 0.15) is 25.8 Å². The van der Waals surface area contributed by atoms with Crippen LogP contribution in [-0.2, 0) is 32.6 Å². The van der Waals surface area contributed by atoms with Gasteiger partial charge in [-0.3, -0.25) is 9.69 Å². The Morgan fingerprint density at radius 3 is 2.84 bits per heavy atom. The molecule has 1 fully saturated rings. The first-order chi connectivity index (χ1) is 20.4. The molecule has 0 radical (unpaired) electrons. The van der Waals surface area contributed by atoms with Crippen molar-refractivity contribution in [3.8, 4) is 0 Å². The minimum Gasteiger partial charge on any atom is -0.378 e. The number of benzene rings is 2. The number of halogens is 3. The number of thioether (sulfide) groups is 1. The number of hydrogen-bond acceptors (Lipinski definition) is 9. The molecule has 3 aliphatic heterocycles. The molecule has 2 aromatic carbocycles. The number of nitrogens with zero attached hydrogens (tertiary/aromatic N) is 4. The molecule has 2 N–H and O–H groups in total. The summed E-state index contributed by atoms with van der Waals surface area (Å²) >= 11 is 1.09. The van der Waals surface area contributed by atoms with Crippen molar-refractivity contribution in [3.05, 3.63) is 65.0 Å². The summed E-state index contributed by atoms with van der Waals surface area (Å²) < 4.78 is 47.7. The van der Waals surface area contributed by atoms with Crippen LogP contribution in [0.5, 0.6) is 0 Å². The SMILES string of the molecule is Cn1cnc2c(Nc3cccc(CC4COCCN4C4SC5=C(CC(C)(C)NC5=O)N4OC(=O)C(F)(F)F)c3)cccc21. The van der Waals surface area contributed by atoms with E-state index in [0.717, 1.165) is 44.8 Å². The molecule has 43 heavy (non-hydrogen) atoms. The summed E-state index contributed by atoms with van der Waals surface area (Å²) in [5.74, 6) is -2.74. The first-order valence-electron chi connectivity index (χ1n) is 13.8. The van der Waals surface area contributed by atoms with Gasteiger partial charge in [-0.15, -0.1) is 0 Å². The molecule has 3 aliphatic rings. The number of fused-ring (bicyclic) bond motifs is 1. The number of carbonyl (C=O) groups excluding carboxylic acids is 2. The molecule has 1 saturated heterocycles. The van der Waals surface area contributed by atoms with Crippen LogP contribution in [0.25, 0.3) is 11.0 Å². The van der Waals surface area contributed by atoms with E-state index in [1.54, 1.807) is 20.2 Å². The summed E-state index contributed by atoms with van der Waals surface area (Å²) in [6.45, 7) is 4.55. The number of rotatable bonds is 6. The fraction of sp³-hybridized carbons (Fsp3) is 0.414. The van der Waals surface area contributed by atoms with Gasteiger partial charge in [-0.05, 0) is 50.1 Å². The van der Waals surface area contributed by atoms with E-state index >= 15 is 0 Å². The van der Waals surface area contributed by atoms with E-state index in [1.165, 1.54) is 0 Å². The van der Waals surface area contributed by atoms with Crippen molar-refractivity contribution >= 4 is 46.0 Å². The lowest BCUT2D eigenvalue weighted by molar-refractivity contribution is -0.243. The number of para-hydroxylation sites is 1. The van der Waals surface area contributed by atoms with E-state index in [-0.39, 0.29) is 23.1 Å². The van der Waals surface area contributed by atoms with Gasteiger partial charge in [0, 0.05) is 37.3 Å². The standard InChI is InChI=1S/C29H31F3N6O4S/c1-28(2)14-22-24(25(39)35-28)43-27(38(22)42-26(40)29(30,31)32)37-10-11-41-15-19(37)13-17-6-4-7-18(12-17)34-20-8-5-9-21-23(20)33-16-36(21)3/h4-9,12,16,19,27,34H,10-11,13-15H2,1-3H3,(H,35,39). The zero-order valence-electron chi connectivity index (χ0n) is 23.8. The van der Waals surface area contributed by atoms with Gasteiger partial charge < -0.3 is 24.8 Å². The molecule has 228 valence electrons. The minimum atomic E-state index is -5.19. The maximum absolute atomic E-state index is 13.3. The molecule has 4 heterocycles. The van der Waals surface area contributed by atoms with Crippen LogP contribution in [0.2, 0.25) is 0 Å². The highest BCUT2D eigenvalue weighted by atomic mass is 32.2. The largest absolute Gasteiger partial charge is 0.493 e. The zero-order chi connectivity index (χ0) is 30.5. The molecular weight excluding hydrogens is 585 g/mol. The molecule has 2 unspecified atom stereocenters. The topological polar surface area (TPSA) is 101 Å². The van der Waals surface area contributed by atoms with Gasteiger partial charge in [0.15, 0.2) is 5.50 Å². The Balaban J connectivity index is 1.25. The number of nitrogens with one attached hydrogen (secondary N) is 2. The van der Waals surface area contributed by atoms with Crippen molar-refractivity contribution in [2.45, 2.75) is 49.9 Å². The highest BCUT2D eigenvalue weighted by Gasteiger charge is 2.51. The number of aromatic nitrogens is 2. The van der Waals surface area contributed by atoms with Crippen molar-refractivity contribution in [2.24, 2.45) is 7.05 Å². The molecular formula is C29H31F3N6O4S. The third-order valence-electron chi connectivity index (χ3n) is 7.62. The maximum Gasteiger partial charge on any atom is 0.493 e. The minimum absolute atomic E-state index is 0.203. The fourth-order valence-corrected chi connectivity index (χ4v) is 7.01. The van der Waals surface area contributed by atoms with Crippen molar-refractivity contribution in [2.75, 3.05) is 25.1 Å². The van der Waals surface area contributed by atoms with E-state index in [9.17, 15) is 22.8 Å². The van der Waals surface area contributed by atoms with E-state index in [4.69, 9.17) is 9.57 Å². The first-order valence-corrected chi connectivity index (χ1v) is 14.7. The van der Waals surface area contributed by atoms with Gasteiger partial charge >= 0.3 is 12.1 Å². The molecule has 1 amide bonds. The summed E-state index contributed by atoms with van der Waals surface area (Å²) in [5, 5.41) is 7.31. The molecule has 2 atom stereocenters. The molecule has 0 spiro atoms. The maximum atomic E-state index is 13.3. The van der Waals surface area contributed by atoms with E-state index in [1.807, 2.05) is 59.0 Å². The van der Waals surface area contributed by atoms with Crippen molar-refractivity contribution in [3.63, 3.8) is 0 Å². The van der Waals surface area contributed by atoms with Crippen LogP contribution in [0, 0.1) is 0 Å². The number of ether oxygens (including phenoxy) is 1. The van der Waals surface area contributed by atoms with Crippen molar-refractivity contribution in [1.29, 1.82) is 0 Å². The third kappa shape index (κ3) is 5.91. The van der Waals surface area contributed by atoms with E-state index < -0.39 is 29.1 Å². The molecule has 0 bridgehead atoms. The molecule has 0 saturated carbocycles. The lowest BCUT2D eigenvalue weighted by Crippen LogP contribution is -2.56. The van der Waals surface area contributed by atoms with Crippen LogP contribution in [0.3, 0.4) is 0 Å². The lowest BCUT2D eigenvalue weighted by atomic mass is 9.94. The second-order valence-corrected chi connectivity index (χ2v) is 12.5. The van der Waals surface area contributed by atoms with Crippen molar-refractivity contribution in [1.82, 2.24) is 24.8 Å². The predicted molar refractivity (Wildman–Crippen MR) is 155 cm³/mol. The number of carbonyl (C=O) groups is 2. The molecule has 14 heteroatoms. The number of amides is 1. The second-order valence-electron chi connectivity index (χ2n) is 11.5. The highest BCUT2D eigenvalue weighted by molar-refractivity contribution is 8.04. The summed E-state index contributed by atoms with van der Waals surface area (Å²) in [5.41, 5.74) is 3.19. The monoisotopic (exact) mass is 616 g/mol. The summed E-state index contributed by atoms with van der Waals surface area (Å²) in [4.78, 5) is 36.7. The van der Waals surface area contributed by atoms with Crippen LogP contribution < -0.4 is 10.6 Å². The smallest absolute Gasteiger partial charge is 0.378 e. The highest BCUT2D eigenvalue weighted by Crippen LogP contribution is 2.46. The van der Waals surface area contributed by atoms with Gasteiger partial charge in [-0.1, -0.05) is 30.0 Å². The summed E-state index contributed by atoms with van der Waals surface area (Å²) in [6.07, 6.45) is -2.72. The van der Waals surface area contributed by atoms with Gasteiger partial charge in [0.25, 0.3) is 5.91 Å². The number of aryl methyl sites for hydroxylation is 1. The Morgan fingerprint density at radius 1 is 1.26 bits per heavy atom. The number of hydrogen-bond donors (Lipinski definition) is 2. The Morgan fingerprint density at radius 2 is 2.05 bits per heavy atom. The lowest BCUT2D eigenvalue weighted by Gasteiger charge is -2.42. The Bertz CT molecular complexity index is 1610. The number of morpholine rings is 1. The average Bonchev–Trinajstić information content (AvgIpc) is 3.49. The second kappa shape index (κ2) is 11.1. The van der Waals surface area contributed by atoms with Gasteiger partial charge in [-0.2, -0.15) is 18.2 Å². The van der Waals surface area contributed by atoms with Crippen molar-refractivity contribution < 1.29 is 32.3 Å². The third-order valence-corrected chi connectivity index (χ3v) is 8.95. The van der Waals surface area contributed by atoms with Crippen LogP contribution in [0.15, 0.2) is 59.4 Å². The average molecular weight is 617 g/mol. The quantitative estimate of drug-likeness (QED) is 0.417. The number of anilines is 2. The number of alkyl halides is 3. The molecule has 10 nitrogen and oxygen atoms in total. The van der Waals surface area contributed by atoms with Crippen LogP contribution in [0.4, 0.5) is 24.5 Å². The predicted octanol–water partition coefficient (Wildman–Crippen LogP) is 4.42. The summed E-state index contributed by atoms with van der Waals surface area (Å²) in [6, 6.07) is 13.5. The number of hydroxylamine groups is 2. The van der Waals surface area contributed by atoms with E-state index in [2.05, 4.69) is 15.6 Å². The van der Waals surface area contributed by atoms with Gasteiger partial charge in [0.2, 0.25) is 0 Å².